The zero-order chi connectivity index (χ0) is 13.7. The van der Waals surface area contributed by atoms with Gasteiger partial charge < -0.3 is 4.42 Å². The van der Waals surface area contributed by atoms with Crippen molar-refractivity contribution >= 4 is 0 Å². The van der Waals surface area contributed by atoms with Crippen molar-refractivity contribution in [1.29, 1.82) is 0 Å². The van der Waals surface area contributed by atoms with E-state index in [4.69, 9.17) is 10.3 Å². The minimum Gasteiger partial charge on any atom is -0.469 e. The monoisotopic (exact) mass is 266 g/mol. The maximum atomic E-state index is 13.5. The summed E-state index contributed by atoms with van der Waals surface area (Å²) >= 11 is 0. The summed E-state index contributed by atoms with van der Waals surface area (Å²) in [4.78, 5) is 0. The molecule has 1 unspecified atom stereocenters. The van der Waals surface area contributed by atoms with Crippen LogP contribution in [-0.2, 0) is 12.8 Å². The Morgan fingerprint density at radius 1 is 1.26 bits per heavy atom. The topological polar surface area (TPSA) is 51.2 Å². The third kappa shape index (κ3) is 3.87. The van der Waals surface area contributed by atoms with Crippen LogP contribution in [0.3, 0.4) is 0 Å². The van der Waals surface area contributed by atoms with Crippen LogP contribution in [0.25, 0.3) is 0 Å². The second kappa shape index (κ2) is 6.45. The van der Waals surface area contributed by atoms with Crippen LogP contribution in [0.2, 0.25) is 0 Å². The van der Waals surface area contributed by atoms with Crippen LogP contribution in [0.15, 0.2) is 41.0 Å². The molecule has 0 spiro atoms. The highest BCUT2D eigenvalue weighted by atomic mass is 19.1. The highest BCUT2D eigenvalue weighted by molar-refractivity contribution is 5.19. The van der Waals surface area contributed by atoms with Crippen LogP contribution < -0.4 is 11.3 Å². The van der Waals surface area contributed by atoms with Gasteiger partial charge in [0.15, 0.2) is 0 Å². The Hall–Kier alpha value is -1.72. The van der Waals surface area contributed by atoms with E-state index in [1.54, 1.807) is 6.26 Å². The number of rotatable bonds is 6. The van der Waals surface area contributed by atoms with Crippen molar-refractivity contribution in [2.75, 3.05) is 0 Å². The van der Waals surface area contributed by atoms with Crippen molar-refractivity contribution in [2.24, 2.45) is 5.84 Å². The fourth-order valence-electron chi connectivity index (χ4n) is 1.98. The predicted molar refractivity (Wildman–Crippen MR) is 68.2 cm³/mol. The molecule has 1 atom stereocenters. The maximum absolute atomic E-state index is 13.5. The lowest BCUT2D eigenvalue weighted by Crippen LogP contribution is -2.37. The van der Waals surface area contributed by atoms with E-state index in [0.717, 1.165) is 17.9 Å². The molecule has 2 rings (SSSR count). The van der Waals surface area contributed by atoms with Gasteiger partial charge in [-0.3, -0.25) is 11.3 Å². The molecular formula is C14H16F2N2O. The van der Waals surface area contributed by atoms with Gasteiger partial charge in [0.2, 0.25) is 0 Å². The molecule has 0 saturated carbocycles. The van der Waals surface area contributed by atoms with E-state index >= 15 is 0 Å². The van der Waals surface area contributed by atoms with Crippen molar-refractivity contribution < 1.29 is 13.2 Å². The van der Waals surface area contributed by atoms with Crippen molar-refractivity contribution in [3.8, 4) is 0 Å². The molecule has 0 radical (unpaired) electrons. The Kier molecular flexibility index (Phi) is 4.65. The number of nitrogens with one attached hydrogen (secondary N) is 1. The number of nitrogens with two attached hydrogens (primary N) is 1. The molecule has 1 heterocycles. The van der Waals surface area contributed by atoms with Crippen LogP contribution in [0.5, 0.6) is 0 Å². The van der Waals surface area contributed by atoms with Crippen LogP contribution in [0.4, 0.5) is 8.78 Å². The molecular weight excluding hydrogens is 250 g/mol. The minimum absolute atomic E-state index is 0.138. The summed E-state index contributed by atoms with van der Waals surface area (Å²) < 4.78 is 31.8. The fourth-order valence-corrected chi connectivity index (χ4v) is 1.98. The second-order valence-corrected chi connectivity index (χ2v) is 4.42. The molecule has 2 aromatic rings. The van der Waals surface area contributed by atoms with Gasteiger partial charge in [-0.15, -0.1) is 0 Å². The van der Waals surface area contributed by atoms with Gasteiger partial charge in [0, 0.05) is 12.5 Å². The number of halogens is 2. The number of hydrogen-bond acceptors (Lipinski definition) is 3. The Bertz CT molecular complexity index is 514. The Morgan fingerprint density at radius 2 is 2.11 bits per heavy atom. The van der Waals surface area contributed by atoms with Gasteiger partial charge in [0.1, 0.15) is 17.4 Å². The number of furan rings is 1. The maximum Gasteiger partial charge on any atom is 0.126 e. The number of hydrogen-bond donors (Lipinski definition) is 2. The lowest BCUT2D eigenvalue weighted by molar-refractivity contribution is 0.442. The molecule has 0 aliphatic rings. The van der Waals surface area contributed by atoms with Crippen LogP contribution in [-0.4, -0.2) is 6.04 Å². The van der Waals surface area contributed by atoms with E-state index in [0.29, 0.717) is 24.8 Å². The SMILES string of the molecule is NNC(CCc1ccco1)Cc1cc(F)ccc1F. The first-order chi connectivity index (χ1) is 9.19. The van der Waals surface area contributed by atoms with Gasteiger partial charge in [-0.25, -0.2) is 8.78 Å². The Labute approximate surface area is 110 Å². The van der Waals surface area contributed by atoms with E-state index in [2.05, 4.69) is 5.43 Å². The summed E-state index contributed by atoms with van der Waals surface area (Å²) in [5.41, 5.74) is 2.95. The third-order valence-electron chi connectivity index (χ3n) is 3.03. The first-order valence-corrected chi connectivity index (χ1v) is 6.11. The molecule has 0 amide bonds. The molecule has 3 N–H and O–H groups in total. The molecule has 0 saturated heterocycles. The number of hydrazine groups is 1. The molecule has 0 bridgehead atoms. The van der Waals surface area contributed by atoms with Gasteiger partial charge in [-0.1, -0.05) is 0 Å². The van der Waals surface area contributed by atoms with E-state index in [1.807, 2.05) is 12.1 Å². The minimum atomic E-state index is -0.446. The van der Waals surface area contributed by atoms with Gasteiger partial charge in [-0.2, -0.15) is 0 Å². The first kappa shape index (κ1) is 13.7. The molecule has 5 heteroatoms. The largest absolute Gasteiger partial charge is 0.469 e. The molecule has 102 valence electrons. The summed E-state index contributed by atoms with van der Waals surface area (Å²) in [6.07, 6.45) is 3.31. The molecule has 3 nitrogen and oxygen atoms in total. The van der Waals surface area contributed by atoms with E-state index in [-0.39, 0.29) is 6.04 Å². The van der Waals surface area contributed by atoms with Gasteiger partial charge in [0.25, 0.3) is 0 Å². The van der Waals surface area contributed by atoms with E-state index < -0.39 is 11.6 Å². The van der Waals surface area contributed by atoms with E-state index in [1.165, 1.54) is 6.07 Å². The first-order valence-electron chi connectivity index (χ1n) is 6.11. The second-order valence-electron chi connectivity index (χ2n) is 4.42. The zero-order valence-corrected chi connectivity index (χ0v) is 10.4. The van der Waals surface area contributed by atoms with Crippen LogP contribution >= 0.6 is 0 Å². The molecule has 0 aliphatic carbocycles. The standard InChI is InChI=1S/C14H16F2N2O/c15-11-3-6-14(16)10(8-11)9-12(18-17)4-5-13-2-1-7-19-13/h1-3,6-8,12,18H,4-5,9,17H2. The summed E-state index contributed by atoms with van der Waals surface area (Å²) in [6, 6.07) is 6.98. The summed E-state index contributed by atoms with van der Waals surface area (Å²) in [5, 5.41) is 0. The van der Waals surface area contributed by atoms with Gasteiger partial charge in [-0.05, 0) is 48.7 Å². The van der Waals surface area contributed by atoms with Gasteiger partial charge in [0.05, 0.1) is 6.26 Å². The molecule has 0 aliphatic heterocycles. The van der Waals surface area contributed by atoms with E-state index in [9.17, 15) is 8.78 Å². The Morgan fingerprint density at radius 3 is 2.79 bits per heavy atom. The molecule has 1 aromatic heterocycles. The number of benzene rings is 1. The zero-order valence-electron chi connectivity index (χ0n) is 10.4. The van der Waals surface area contributed by atoms with Crippen molar-refractivity contribution in [3.63, 3.8) is 0 Å². The van der Waals surface area contributed by atoms with Crippen molar-refractivity contribution in [3.05, 3.63) is 59.6 Å². The number of aryl methyl sites for hydroxylation is 1. The Balaban J connectivity index is 1.96. The van der Waals surface area contributed by atoms with Gasteiger partial charge >= 0.3 is 0 Å². The quantitative estimate of drug-likeness (QED) is 0.624. The van der Waals surface area contributed by atoms with Crippen molar-refractivity contribution in [1.82, 2.24) is 5.43 Å². The average molecular weight is 266 g/mol. The lowest BCUT2D eigenvalue weighted by atomic mass is 10.0. The molecule has 1 aromatic carbocycles. The average Bonchev–Trinajstić information content (AvgIpc) is 2.91. The normalized spacial score (nSPS) is 12.6. The smallest absolute Gasteiger partial charge is 0.126 e. The summed E-state index contributed by atoms with van der Waals surface area (Å²) in [6.45, 7) is 0. The highest BCUT2D eigenvalue weighted by Crippen LogP contribution is 2.14. The summed E-state index contributed by atoms with van der Waals surface area (Å²) in [7, 11) is 0. The van der Waals surface area contributed by atoms with Crippen LogP contribution in [0, 0.1) is 11.6 Å². The lowest BCUT2D eigenvalue weighted by Gasteiger charge is -2.15. The highest BCUT2D eigenvalue weighted by Gasteiger charge is 2.12. The third-order valence-corrected chi connectivity index (χ3v) is 3.03. The van der Waals surface area contributed by atoms with Crippen molar-refractivity contribution in [2.45, 2.75) is 25.3 Å². The van der Waals surface area contributed by atoms with Crippen LogP contribution in [0.1, 0.15) is 17.7 Å². The fraction of sp³-hybridized carbons (Fsp3) is 0.286. The molecule has 19 heavy (non-hydrogen) atoms. The molecule has 0 fully saturated rings. The summed E-state index contributed by atoms with van der Waals surface area (Å²) in [5.74, 6) is 5.44. The predicted octanol–water partition coefficient (Wildman–Crippen LogP) is 2.57.